The molecule has 0 bridgehead atoms. The van der Waals surface area contributed by atoms with Gasteiger partial charge in [0.05, 0.1) is 14.2 Å². The first-order chi connectivity index (χ1) is 13.7. The van der Waals surface area contributed by atoms with Crippen molar-refractivity contribution in [2.75, 3.05) is 27.3 Å². The molecule has 4 rings (SSSR count). The molecule has 0 saturated heterocycles. The normalized spacial score (nSPS) is 14.4. The highest BCUT2D eigenvalue weighted by Crippen LogP contribution is 2.37. The van der Waals surface area contributed by atoms with E-state index in [1.54, 1.807) is 14.2 Å². The van der Waals surface area contributed by atoms with Crippen molar-refractivity contribution in [3.8, 4) is 28.6 Å². The molecular weight excluding hydrogens is 356 g/mol. The van der Waals surface area contributed by atoms with Gasteiger partial charge in [-0.05, 0) is 17.7 Å². The SMILES string of the molecule is COc1cc(CN2CCc3nnc(-c4ccccc4)n3CC2)cc(OC)c1O. The lowest BCUT2D eigenvalue weighted by atomic mass is 10.1. The molecule has 2 aromatic carbocycles. The lowest BCUT2D eigenvalue weighted by molar-refractivity contribution is 0.269. The van der Waals surface area contributed by atoms with Gasteiger partial charge in [-0.3, -0.25) is 4.90 Å². The van der Waals surface area contributed by atoms with Crippen molar-refractivity contribution in [2.45, 2.75) is 19.5 Å². The van der Waals surface area contributed by atoms with Crippen molar-refractivity contribution in [1.29, 1.82) is 0 Å². The number of phenols is 1. The van der Waals surface area contributed by atoms with Crippen molar-refractivity contribution in [3.63, 3.8) is 0 Å². The fourth-order valence-corrected chi connectivity index (χ4v) is 3.62. The van der Waals surface area contributed by atoms with Crippen LogP contribution in [0, 0.1) is 0 Å². The number of benzene rings is 2. The van der Waals surface area contributed by atoms with E-state index in [4.69, 9.17) is 9.47 Å². The number of fused-ring (bicyclic) bond motifs is 1. The minimum atomic E-state index is 0.0309. The molecule has 1 aromatic heterocycles. The second kappa shape index (κ2) is 7.90. The second-order valence-corrected chi connectivity index (χ2v) is 6.83. The summed E-state index contributed by atoms with van der Waals surface area (Å²) in [5.74, 6) is 2.82. The van der Waals surface area contributed by atoms with Gasteiger partial charge in [-0.2, -0.15) is 0 Å². The molecule has 0 amide bonds. The van der Waals surface area contributed by atoms with Crippen LogP contribution >= 0.6 is 0 Å². The van der Waals surface area contributed by atoms with E-state index in [2.05, 4.69) is 31.8 Å². The number of methoxy groups -OCH3 is 2. The van der Waals surface area contributed by atoms with Gasteiger partial charge in [0.1, 0.15) is 5.82 Å². The first kappa shape index (κ1) is 18.3. The maximum Gasteiger partial charge on any atom is 0.200 e. The molecule has 0 aliphatic carbocycles. The third kappa shape index (κ3) is 3.53. The van der Waals surface area contributed by atoms with Crippen LogP contribution in [-0.4, -0.2) is 52.1 Å². The smallest absolute Gasteiger partial charge is 0.200 e. The maximum absolute atomic E-state index is 10.1. The maximum atomic E-state index is 10.1. The zero-order chi connectivity index (χ0) is 19.5. The molecule has 0 spiro atoms. The summed E-state index contributed by atoms with van der Waals surface area (Å²) in [6.07, 6.45) is 0.839. The first-order valence-electron chi connectivity index (χ1n) is 9.33. The number of aromatic hydroxyl groups is 1. The zero-order valence-electron chi connectivity index (χ0n) is 16.1. The molecule has 0 radical (unpaired) electrons. The van der Waals surface area contributed by atoms with Gasteiger partial charge in [-0.1, -0.05) is 30.3 Å². The molecule has 7 nitrogen and oxygen atoms in total. The van der Waals surface area contributed by atoms with Gasteiger partial charge in [0, 0.05) is 38.2 Å². The Morgan fingerprint density at radius 3 is 2.36 bits per heavy atom. The minimum Gasteiger partial charge on any atom is -0.502 e. The largest absolute Gasteiger partial charge is 0.502 e. The molecular formula is C21H24N4O3. The Labute approximate surface area is 164 Å². The van der Waals surface area contributed by atoms with Crippen molar-refractivity contribution >= 4 is 0 Å². The van der Waals surface area contributed by atoms with Crippen LogP contribution in [0.4, 0.5) is 0 Å². The number of hydrogen-bond donors (Lipinski definition) is 1. The highest BCUT2D eigenvalue weighted by molar-refractivity contribution is 5.55. The monoisotopic (exact) mass is 380 g/mol. The summed E-state index contributed by atoms with van der Waals surface area (Å²) in [6.45, 7) is 3.35. The first-order valence-corrected chi connectivity index (χ1v) is 9.33. The predicted octanol–water partition coefficient (Wildman–Crippen LogP) is 2.73. The molecule has 146 valence electrons. The van der Waals surface area contributed by atoms with E-state index in [1.807, 2.05) is 30.3 Å². The Kier molecular flexibility index (Phi) is 5.16. The van der Waals surface area contributed by atoms with E-state index >= 15 is 0 Å². The summed E-state index contributed by atoms with van der Waals surface area (Å²) in [5.41, 5.74) is 2.12. The van der Waals surface area contributed by atoms with Gasteiger partial charge in [-0.15, -0.1) is 10.2 Å². The minimum absolute atomic E-state index is 0.0309. The van der Waals surface area contributed by atoms with Crippen LogP contribution in [0.5, 0.6) is 17.2 Å². The van der Waals surface area contributed by atoms with Crippen LogP contribution in [0.3, 0.4) is 0 Å². The zero-order valence-corrected chi connectivity index (χ0v) is 16.1. The van der Waals surface area contributed by atoms with Crippen molar-refractivity contribution in [2.24, 2.45) is 0 Å². The van der Waals surface area contributed by atoms with Gasteiger partial charge in [0.2, 0.25) is 5.75 Å². The molecule has 0 fully saturated rings. The van der Waals surface area contributed by atoms with Crippen LogP contribution < -0.4 is 9.47 Å². The average molecular weight is 380 g/mol. The number of phenolic OH excluding ortho intramolecular Hbond substituents is 1. The Bertz CT molecular complexity index is 931. The lowest BCUT2D eigenvalue weighted by Gasteiger charge is -2.21. The van der Waals surface area contributed by atoms with Crippen LogP contribution in [0.2, 0.25) is 0 Å². The van der Waals surface area contributed by atoms with E-state index in [0.717, 1.165) is 55.4 Å². The molecule has 0 unspecified atom stereocenters. The topological polar surface area (TPSA) is 72.6 Å². The molecule has 7 heteroatoms. The van der Waals surface area contributed by atoms with Crippen molar-refractivity contribution in [3.05, 3.63) is 53.9 Å². The molecule has 2 heterocycles. The van der Waals surface area contributed by atoms with E-state index in [9.17, 15) is 5.11 Å². The Balaban J connectivity index is 1.52. The highest BCUT2D eigenvalue weighted by atomic mass is 16.5. The Morgan fingerprint density at radius 1 is 0.964 bits per heavy atom. The Hall–Kier alpha value is -3.06. The van der Waals surface area contributed by atoms with Gasteiger partial charge in [0.15, 0.2) is 17.3 Å². The molecule has 0 atom stereocenters. The number of aromatic nitrogens is 3. The van der Waals surface area contributed by atoms with E-state index < -0.39 is 0 Å². The second-order valence-electron chi connectivity index (χ2n) is 6.83. The van der Waals surface area contributed by atoms with Crippen LogP contribution in [0.1, 0.15) is 11.4 Å². The summed E-state index contributed by atoms with van der Waals surface area (Å²) >= 11 is 0. The molecule has 1 aliphatic rings. The lowest BCUT2D eigenvalue weighted by Crippen LogP contribution is -2.26. The summed E-state index contributed by atoms with van der Waals surface area (Å²) in [5, 5.41) is 18.9. The number of ether oxygens (including phenoxy) is 2. The molecule has 28 heavy (non-hydrogen) atoms. The fraction of sp³-hybridized carbons (Fsp3) is 0.333. The summed E-state index contributed by atoms with van der Waals surface area (Å²) in [4.78, 5) is 2.37. The molecule has 1 N–H and O–H groups in total. The Morgan fingerprint density at radius 2 is 1.68 bits per heavy atom. The third-order valence-electron chi connectivity index (χ3n) is 5.10. The van der Waals surface area contributed by atoms with E-state index in [1.165, 1.54) is 0 Å². The average Bonchev–Trinajstić information content (AvgIpc) is 3.04. The van der Waals surface area contributed by atoms with Crippen molar-refractivity contribution < 1.29 is 14.6 Å². The third-order valence-corrected chi connectivity index (χ3v) is 5.10. The molecule has 3 aromatic rings. The summed E-state index contributed by atoms with van der Waals surface area (Å²) < 4.78 is 12.8. The predicted molar refractivity (Wildman–Crippen MR) is 106 cm³/mol. The number of hydrogen-bond acceptors (Lipinski definition) is 6. The van der Waals surface area contributed by atoms with Gasteiger partial charge in [-0.25, -0.2) is 0 Å². The molecule has 1 aliphatic heterocycles. The van der Waals surface area contributed by atoms with Crippen LogP contribution in [0.15, 0.2) is 42.5 Å². The van der Waals surface area contributed by atoms with E-state index in [-0.39, 0.29) is 5.75 Å². The van der Waals surface area contributed by atoms with Crippen LogP contribution in [-0.2, 0) is 19.5 Å². The van der Waals surface area contributed by atoms with Crippen LogP contribution in [0.25, 0.3) is 11.4 Å². The summed E-state index contributed by atoms with van der Waals surface area (Å²) in [7, 11) is 3.09. The van der Waals surface area contributed by atoms with E-state index in [0.29, 0.717) is 11.5 Å². The standard InChI is InChI=1S/C21H24N4O3/c1-27-17-12-15(13-18(28-2)20(17)26)14-24-9-8-19-22-23-21(25(19)11-10-24)16-6-4-3-5-7-16/h3-7,12-13,26H,8-11,14H2,1-2H3. The highest BCUT2D eigenvalue weighted by Gasteiger charge is 2.20. The molecule has 0 saturated carbocycles. The van der Waals surface area contributed by atoms with Crippen molar-refractivity contribution in [1.82, 2.24) is 19.7 Å². The number of nitrogens with zero attached hydrogens (tertiary/aromatic N) is 4. The van der Waals surface area contributed by atoms with Gasteiger partial charge >= 0.3 is 0 Å². The quantitative estimate of drug-likeness (QED) is 0.734. The number of rotatable bonds is 5. The summed E-state index contributed by atoms with van der Waals surface area (Å²) in [6, 6.07) is 13.9. The van der Waals surface area contributed by atoms with Gasteiger partial charge < -0.3 is 19.1 Å². The van der Waals surface area contributed by atoms with Gasteiger partial charge in [0.25, 0.3) is 0 Å². The fourth-order valence-electron chi connectivity index (χ4n) is 3.62.